The molecule has 0 spiro atoms. The third kappa shape index (κ3) is 4.67. The van der Waals surface area contributed by atoms with Gasteiger partial charge in [-0.1, -0.05) is 36.4 Å². The lowest BCUT2D eigenvalue weighted by atomic mass is 10.1. The van der Waals surface area contributed by atoms with Crippen LogP contribution in [0.4, 0.5) is 15.9 Å². The maximum atomic E-state index is 13.2. The topological polar surface area (TPSA) is 86.9 Å². The molecule has 4 aromatic rings. The molecule has 2 amide bonds. The van der Waals surface area contributed by atoms with E-state index in [4.69, 9.17) is 0 Å². The number of carbonyl (C=O) groups excluding carboxylic acids is 2. The Morgan fingerprint density at radius 2 is 1.76 bits per heavy atom. The van der Waals surface area contributed by atoms with E-state index in [9.17, 15) is 14.0 Å². The van der Waals surface area contributed by atoms with Gasteiger partial charge >= 0.3 is 0 Å². The summed E-state index contributed by atoms with van der Waals surface area (Å²) in [5.41, 5.74) is 1.33. The number of amides is 2. The van der Waals surface area contributed by atoms with Gasteiger partial charge in [0.1, 0.15) is 16.5 Å². The maximum absolute atomic E-state index is 13.2. The van der Waals surface area contributed by atoms with Crippen LogP contribution in [0.2, 0.25) is 0 Å². The molecule has 0 fully saturated rings. The molecule has 3 N–H and O–H groups in total. The molecular weight excluding hydrogens is 391 g/mol. The zero-order valence-corrected chi connectivity index (χ0v) is 16.1. The fourth-order valence-electron chi connectivity index (χ4n) is 2.94. The van der Waals surface area contributed by atoms with Crippen molar-refractivity contribution >= 4 is 44.9 Å². The van der Waals surface area contributed by atoms with Gasteiger partial charge < -0.3 is 10.6 Å². The molecule has 4 rings (SSSR count). The summed E-state index contributed by atoms with van der Waals surface area (Å²) in [6.07, 6.45) is 0.392. The van der Waals surface area contributed by atoms with Crippen molar-refractivity contribution in [2.75, 3.05) is 10.6 Å². The maximum Gasteiger partial charge on any atom is 0.229 e. The van der Waals surface area contributed by atoms with E-state index in [1.54, 1.807) is 6.07 Å². The largest absolute Gasteiger partial charge is 0.326 e. The Morgan fingerprint density at radius 3 is 2.55 bits per heavy atom. The zero-order valence-electron chi connectivity index (χ0n) is 15.2. The molecule has 29 heavy (non-hydrogen) atoms. The highest BCUT2D eigenvalue weighted by Gasteiger charge is 2.15. The van der Waals surface area contributed by atoms with E-state index in [0.717, 1.165) is 15.8 Å². The molecule has 6 nitrogen and oxygen atoms in total. The fraction of sp³-hybridized carbons (Fsp3) is 0.0952. The van der Waals surface area contributed by atoms with Crippen LogP contribution in [0.15, 0.2) is 60.7 Å². The summed E-state index contributed by atoms with van der Waals surface area (Å²) in [7, 11) is 0. The van der Waals surface area contributed by atoms with Gasteiger partial charge in [-0.3, -0.25) is 14.7 Å². The Kier molecular flexibility index (Phi) is 5.35. The van der Waals surface area contributed by atoms with Gasteiger partial charge in [0.25, 0.3) is 0 Å². The van der Waals surface area contributed by atoms with Crippen molar-refractivity contribution in [2.24, 2.45) is 0 Å². The van der Waals surface area contributed by atoms with Crippen LogP contribution < -0.4 is 10.6 Å². The van der Waals surface area contributed by atoms with Crippen LogP contribution in [0.1, 0.15) is 10.4 Å². The second-order valence-corrected chi connectivity index (χ2v) is 7.59. The summed E-state index contributed by atoms with van der Waals surface area (Å²) in [6, 6.07) is 17.0. The monoisotopic (exact) mass is 408 g/mol. The van der Waals surface area contributed by atoms with Crippen LogP contribution in [-0.4, -0.2) is 22.0 Å². The molecule has 2 aromatic carbocycles. The van der Waals surface area contributed by atoms with Crippen molar-refractivity contribution < 1.29 is 14.0 Å². The van der Waals surface area contributed by atoms with Gasteiger partial charge in [0.05, 0.1) is 18.2 Å². The number of rotatable bonds is 6. The number of benzene rings is 2. The van der Waals surface area contributed by atoms with Gasteiger partial charge in [-0.15, -0.1) is 11.3 Å². The average molecular weight is 408 g/mol. The quantitative estimate of drug-likeness (QED) is 0.448. The first kappa shape index (κ1) is 18.8. The number of carbonyl (C=O) groups is 2. The number of hydrogen-bond donors (Lipinski definition) is 3. The summed E-state index contributed by atoms with van der Waals surface area (Å²) in [4.78, 5) is 26.0. The molecular formula is C21H17FN4O2S. The van der Waals surface area contributed by atoms with Crippen LogP contribution >= 0.6 is 11.3 Å². The number of thiophene rings is 1. The number of aromatic nitrogens is 2. The van der Waals surface area contributed by atoms with Gasteiger partial charge in [0.2, 0.25) is 11.8 Å². The first-order valence-electron chi connectivity index (χ1n) is 8.93. The van der Waals surface area contributed by atoms with Crippen molar-refractivity contribution in [1.82, 2.24) is 10.2 Å². The van der Waals surface area contributed by atoms with Gasteiger partial charge in [-0.25, -0.2) is 4.39 Å². The fourth-order valence-corrected chi connectivity index (χ4v) is 3.93. The van der Waals surface area contributed by atoms with Crippen LogP contribution in [0.5, 0.6) is 0 Å². The number of anilines is 2. The molecule has 2 heterocycles. The number of H-pyrrole nitrogens is 1. The molecule has 0 aliphatic carbocycles. The van der Waals surface area contributed by atoms with Gasteiger partial charge in [-0.05, 0) is 29.8 Å². The minimum absolute atomic E-state index is 0.134. The first-order valence-corrected chi connectivity index (χ1v) is 9.74. The molecule has 146 valence electrons. The number of fused-ring (bicyclic) bond motifs is 1. The lowest BCUT2D eigenvalue weighted by Gasteiger charge is -2.04. The summed E-state index contributed by atoms with van der Waals surface area (Å²) >= 11 is 1.36. The lowest BCUT2D eigenvalue weighted by molar-refractivity contribution is -0.116. The predicted molar refractivity (Wildman–Crippen MR) is 111 cm³/mol. The number of aromatic amines is 1. The molecule has 2 aromatic heterocycles. The van der Waals surface area contributed by atoms with E-state index in [1.807, 2.05) is 36.4 Å². The molecule has 0 saturated carbocycles. The van der Waals surface area contributed by atoms with Crippen LogP contribution in [0.25, 0.3) is 10.2 Å². The Bertz CT molecular complexity index is 1170. The van der Waals surface area contributed by atoms with Crippen LogP contribution in [-0.2, 0) is 22.4 Å². The zero-order chi connectivity index (χ0) is 20.2. The predicted octanol–water partition coefficient (Wildman–Crippen LogP) is 4.13. The highest BCUT2D eigenvalue weighted by atomic mass is 32.1. The molecule has 0 radical (unpaired) electrons. The van der Waals surface area contributed by atoms with Crippen LogP contribution in [0.3, 0.4) is 0 Å². The molecule has 0 saturated heterocycles. The number of nitrogens with one attached hydrogen (secondary N) is 3. The summed E-state index contributed by atoms with van der Waals surface area (Å²) in [5, 5.41) is 13.3. The standard InChI is InChI=1S/C21H17FN4O2S/c22-14-7-4-8-15(10-14)23-19(28)12-16-11-17-20(25-26-21(17)29-16)24-18(27)9-13-5-2-1-3-6-13/h1-8,10-11H,9,12H2,(H,23,28)(H2,24,25,26,27). The van der Waals surface area contributed by atoms with Crippen LogP contribution in [0, 0.1) is 5.82 Å². The van der Waals surface area contributed by atoms with Crippen molar-refractivity contribution in [3.05, 3.63) is 76.9 Å². The third-order valence-electron chi connectivity index (χ3n) is 4.22. The van der Waals surface area contributed by atoms with Gasteiger partial charge in [0.15, 0.2) is 0 Å². The second-order valence-electron chi connectivity index (χ2n) is 6.48. The Balaban J connectivity index is 1.41. The van der Waals surface area contributed by atoms with Crippen molar-refractivity contribution in [3.63, 3.8) is 0 Å². The Labute approximate surface area is 169 Å². The highest BCUT2D eigenvalue weighted by molar-refractivity contribution is 7.18. The molecule has 0 unspecified atom stereocenters. The second kappa shape index (κ2) is 8.24. The molecule has 0 aliphatic rings. The highest BCUT2D eigenvalue weighted by Crippen LogP contribution is 2.29. The Morgan fingerprint density at radius 1 is 0.966 bits per heavy atom. The lowest BCUT2D eigenvalue weighted by Crippen LogP contribution is -2.15. The normalized spacial score (nSPS) is 10.8. The molecule has 0 atom stereocenters. The Hall–Kier alpha value is -3.52. The number of hydrogen-bond acceptors (Lipinski definition) is 4. The SMILES string of the molecule is O=C(Cc1cc2c(NC(=O)Cc3ccccc3)[nH]nc2s1)Nc1cccc(F)c1. The van der Waals surface area contributed by atoms with Gasteiger partial charge in [0, 0.05) is 10.6 Å². The molecule has 0 aliphatic heterocycles. The van der Waals surface area contributed by atoms with Gasteiger partial charge in [-0.2, -0.15) is 5.10 Å². The average Bonchev–Trinajstić information content (AvgIpc) is 3.23. The van der Waals surface area contributed by atoms with E-state index >= 15 is 0 Å². The van der Waals surface area contributed by atoms with E-state index in [2.05, 4.69) is 20.8 Å². The number of nitrogens with zero attached hydrogens (tertiary/aromatic N) is 1. The first-order chi connectivity index (χ1) is 14.1. The van der Waals surface area contributed by atoms with Crippen molar-refractivity contribution in [3.8, 4) is 0 Å². The summed E-state index contributed by atoms with van der Waals surface area (Å²) < 4.78 is 13.2. The van der Waals surface area contributed by atoms with E-state index in [1.165, 1.54) is 29.5 Å². The van der Waals surface area contributed by atoms with E-state index in [0.29, 0.717) is 16.3 Å². The minimum Gasteiger partial charge on any atom is -0.326 e. The van der Waals surface area contributed by atoms with Crippen molar-refractivity contribution in [2.45, 2.75) is 12.8 Å². The third-order valence-corrected chi connectivity index (χ3v) is 5.25. The van der Waals surface area contributed by atoms with Crippen molar-refractivity contribution in [1.29, 1.82) is 0 Å². The molecule has 8 heteroatoms. The summed E-state index contributed by atoms with van der Waals surface area (Å²) in [6.45, 7) is 0. The smallest absolute Gasteiger partial charge is 0.229 e. The van der Waals surface area contributed by atoms with E-state index in [-0.39, 0.29) is 24.7 Å². The number of halogens is 1. The van der Waals surface area contributed by atoms with E-state index < -0.39 is 5.82 Å². The summed E-state index contributed by atoms with van der Waals surface area (Å²) in [5.74, 6) is -0.307. The minimum atomic E-state index is -0.409. The molecule has 0 bridgehead atoms.